The molecule has 0 N–H and O–H groups in total. The maximum absolute atomic E-state index is 12.9. The van der Waals surface area contributed by atoms with Gasteiger partial charge in [0, 0.05) is 13.1 Å². The minimum Gasteiger partial charge on any atom is -0.298 e. The van der Waals surface area contributed by atoms with Crippen LogP contribution >= 0.6 is 0 Å². The van der Waals surface area contributed by atoms with Crippen molar-refractivity contribution >= 4 is 0 Å². The zero-order valence-electron chi connectivity index (χ0n) is 10.5. The first-order valence-corrected chi connectivity index (χ1v) is 6.28. The molecule has 1 aliphatic heterocycles. The molecule has 1 saturated heterocycles. The summed E-state index contributed by atoms with van der Waals surface area (Å²) >= 11 is 0. The van der Waals surface area contributed by atoms with Crippen LogP contribution in [0.15, 0.2) is 24.3 Å². The van der Waals surface area contributed by atoms with E-state index in [-0.39, 0.29) is 18.0 Å². The van der Waals surface area contributed by atoms with Crippen LogP contribution in [0.3, 0.4) is 0 Å². The van der Waals surface area contributed by atoms with Crippen LogP contribution in [0.4, 0.5) is 13.2 Å². The molecule has 19 heavy (non-hydrogen) atoms. The number of likely N-dealkylation sites (tertiary alicyclic amines) is 1. The van der Waals surface area contributed by atoms with Crippen LogP contribution in [0.25, 0.3) is 0 Å². The summed E-state index contributed by atoms with van der Waals surface area (Å²) in [5, 5.41) is 8.90. The molecule has 2 rings (SSSR count). The third-order valence-corrected chi connectivity index (χ3v) is 3.40. The molecule has 0 spiro atoms. The molecule has 0 unspecified atom stereocenters. The molecule has 0 bridgehead atoms. The van der Waals surface area contributed by atoms with E-state index in [0.29, 0.717) is 6.54 Å². The van der Waals surface area contributed by atoms with Gasteiger partial charge in [-0.05, 0) is 31.0 Å². The SMILES string of the molecule is N#C[C@@H]1CCCN(Cc2ccccc2C(F)(F)F)C1. The highest BCUT2D eigenvalue weighted by Gasteiger charge is 2.33. The summed E-state index contributed by atoms with van der Waals surface area (Å²) in [6.45, 7) is 1.57. The number of alkyl halides is 3. The van der Waals surface area contributed by atoms with E-state index in [1.807, 2.05) is 4.90 Å². The summed E-state index contributed by atoms with van der Waals surface area (Å²) in [4.78, 5) is 1.93. The van der Waals surface area contributed by atoms with E-state index in [1.54, 1.807) is 6.07 Å². The van der Waals surface area contributed by atoms with Gasteiger partial charge in [-0.15, -0.1) is 0 Å². The first-order chi connectivity index (χ1) is 9.00. The molecular formula is C14H15F3N2. The standard InChI is InChI=1S/C14H15F3N2/c15-14(16,17)13-6-2-1-5-12(13)10-19-7-3-4-11(8-18)9-19/h1-2,5-6,11H,3-4,7,9-10H2/t11-/m0/s1. The first-order valence-electron chi connectivity index (χ1n) is 6.28. The van der Waals surface area contributed by atoms with Crippen molar-refractivity contribution in [3.8, 4) is 6.07 Å². The van der Waals surface area contributed by atoms with Gasteiger partial charge in [-0.3, -0.25) is 4.90 Å². The largest absolute Gasteiger partial charge is 0.416 e. The fourth-order valence-corrected chi connectivity index (χ4v) is 2.48. The Morgan fingerprint density at radius 3 is 2.74 bits per heavy atom. The summed E-state index contributed by atoms with van der Waals surface area (Å²) < 4.78 is 38.6. The van der Waals surface area contributed by atoms with Gasteiger partial charge in [-0.25, -0.2) is 0 Å². The fourth-order valence-electron chi connectivity index (χ4n) is 2.48. The molecule has 102 valence electrons. The Morgan fingerprint density at radius 1 is 1.32 bits per heavy atom. The quantitative estimate of drug-likeness (QED) is 0.821. The van der Waals surface area contributed by atoms with Crippen molar-refractivity contribution in [3.05, 3.63) is 35.4 Å². The molecule has 2 nitrogen and oxygen atoms in total. The Bertz CT molecular complexity index is 476. The summed E-state index contributed by atoms with van der Waals surface area (Å²) in [5.41, 5.74) is -0.289. The second kappa shape index (κ2) is 5.62. The first kappa shape index (κ1) is 13.9. The molecular weight excluding hydrogens is 253 g/mol. The highest BCUT2D eigenvalue weighted by Crippen LogP contribution is 2.32. The minimum absolute atomic E-state index is 0.0631. The van der Waals surface area contributed by atoms with Crippen LogP contribution in [0.2, 0.25) is 0 Å². The third kappa shape index (κ3) is 3.48. The van der Waals surface area contributed by atoms with Gasteiger partial charge in [0.05, 0.1) is 17.6 Å². The molecule has 1 aromatic carbocycles. The molecule has 0 aromatic heterocycles. The van der Waals surface area contributed by atoms with Gasteiger partial charge in [0.25, 0.3) is 0 Å². The molecule has 0 radical (unpaired) electrons. The van der Waals surface area contributed by atoms with E-state index in [2.05, 4.69) is 6.07 Å². The lowest BCUT2D eigenvalue weighted by atomic mass is 9.98. The molecule has 5 heteroatoms. The predicted octanol–water partition coefficient (Wildman–Crippen LogP) is 3.44. The number of hydrogen-bond acceptors (Lipinski definition) is 2. The molecule has 0 aliphatic carbocycles. The van der Waals surface area contributed by atoms with Crippen molar-refractivity contribution in [3.63, 3.8) is 0 Å². The maximum atomic E-state index is 12.9. The average molecular weight is 268 g/mol. The highest BCUT2D eigenvalue weighted by molar-refractivity contribution is 5.29. The lowest BCUT2D eigenvalue weighted by molar-refractivity contribution is -0.138. The van der Waals surface area contributed by atoms with Crippen LogP contribution < -0.4 is 0 Å². The number of benzene rings is 1. The smallest absolute Gasteiger partial charge is 0.298 e. The van der Waals surface area contributed by atoms with Crippen molar-refractivity contribution in [2.24, 2.45) is 5.92 Å². The van der Waals surface area contributed by atoms with Crippen LogP contribution in [0.1, 0.15) is 24.0 Å². The fraction of sp³-hybridized carbons (Fsp3) is 0.500. The molecule has 1 atom stereocenters. The topological polar surface area (TPSA) is 27.0 Å². The molecule has 0 amide bonds. The van der Waals surface area contributed by atoms with Crippen molar-refractivity contribution in [2.75, 3.05) is 13.1 Å². The van der Waals surface area contributed by atoms with Crippen molar-refractivity contribution in [1.29, 1.82) is 5.26 Å². The second-order valence-corrected chi connectivity index (χ2v) is 4.86. The minimum atomic E-state index is -4.32. The van der Waals surface area contributed by atoms with Gasteiger partial charge in [0.1, 0.15) is 0 Å². The number of piperidine rings is 1. The van der Waals surface area contributed by atoms with Crippen molar-refractivity contribution in [2.45, 2.75) is 25.6 Å². The zero-order chi connectivity index (χ0) is 13.9. The molecule has 1 aromatic rings. The van der Waals surface area contributed by atoms with E-state index in [1.165, 1.54) is 12.1 Å². The van der Waals surface area contributed by atoms with Gasteiger partial charge in [-0.2, -0.15) is 18.4 Å². The number of nitrogens with zero attached hydrogens (tertiary/aromatic N) is 2. The highest BCUT2D eigenvalue weighted by atomic mass is 19.4. The monoisotopic (exact) mass is 268 g/mol. The lowest BCUT2D eigenvalue weighted by Gasteiger charge is -2.30. The summed E-state index contributed by atoms with van der Waals surface area (Å²) in [6.07, 6.45) is -2.61. The third-order valence-electron chi connectivity index (χ3n) is 3.40. The molecule has 1 fully saturated rings. The van der Waals surface area contributed by atoms with Gasteiger partial charge in [0.15, 0.2) is 0 Å². The van der Waals surface area contributed by atoms with Gasteiger partial charge in [0.2, 0.25) is 0 Å². The average Bonchev–Trinajstić information content (AvgIpc) is 2.38. The molecule has 1 aliphatic rings. The predicted molar refractivity (Wildman–Crippen MR) is 65.1 cm³/mol. The normalized spacial score (nSPS) is 21.1. The molecule has 1 heterocycles. The second-order valence-electron chi connectivity index (χ2n) is 4.86. The van der Waals surface area contributed by atoms with Crippen LogP contribution in [-0.2, 0) is 12.7 Å². The van der Waals surface area contributed by atoms with Crippen molar-refractivity contribution in [1.82, 2.24) is 4.90 Å². The number of hydrogen-bond donors (Lipinski definition) is 0. The van der Waals surface area contributed by atoms with Crippen LogP contribution in [0.5, 0.6) is 0 Å². The van der Waals surface area contributed by atoms with Crippen LogP contribution in [-0.4, -0.2) is 18.0 Å². The van der Waals surface area contributed by atoms with Crippen molar-refractivity contribution < 1.29 is 13.2 Å². The molecule has 0 saturated carbocycles. The maximum Gasteiger partial charge on any atom is 0.416 e. The number of nitriles is 1. The number of halogens is 3. The Hall–Kier alpha value is -1.54. The van der Waals surface area contributed by atoms with E-state index in [9.17, 15) is 13.2 Å². The Labute approximate surface area is 110 Å². The lowest BCUT2D eigenvalue weighted by Crippen LogP contribution is -2.34. The Balaban J connectivity index is 2.13. The van der Waals surface area contributed by atoms with E-state index < -0.39 is 11.7 Å². The summed E-state index contributed by atoms with van der Waals surface area (Å²) in [6, 6.07) is 7.85. The zero-order valence-corrected chi connectivity index (χ0v) is 10.5. The van der Waals surface area contributed by atoms with Crippen LogP contribution in [0, 0.1) is 17.2 Å². The van der Waals surface area contributed by atoms with Gasteiger partial charge in [-0.1, -0.05) is 18.2 Å². The van der Waals surface area contributed by atoms with Gasteiger partial charge < -0.3 is 0 Å². The Kier molecular flexibility index (Phi) is 4.11. The Morgan fingerprint density at radius 2 is 2.05 bits per heavy atom. The van der Waals surface area contributed by atoms with E-state index >= 15 is 0 Å². The number of rotatable bonds is 2. The summed E-state index contributed by atoms with van der Waals surface area (Å²) in [7, 11) is 0. The summed E-state index contributed by atoms with van der Waals surface area (Å²) in [5.74, 6) is -0.0631. The van der Waals surface area contributed by atoms with E-state index in [4.69, 9.17) is 5.26 Å². The van der Waals surface area contributed by atoms with Gasteiger partial charge >= 0.3 is 6.18 Å². The van der Waals surface area contributed by atoms with E-state index in [0.717, 1.165) is 25.5 Å².